The van der Waals surface area contributed by atoms with E-state index >= 15 is 0 Å². The monoisotopic (exact) mass is 241 g/mol. The van der Waals surface area contributed by atoms with Crippen molar-refractivity contribution in [3.63, 3.8) is 0 Å². The minimum absolute atomic E-state index is 0.135. The Labute approximate surface area is 103 Å². The van der Waals surface area contributed by atoms with Crippen LogP contribution in [-0.4, -0.2) is 67.7 Å². The molecule has 1 saturated heterocycles. The average molecular weight is 241 g/mol. The van der Waals surface area contributed by atoms with Gasteiger partial charge in [0, 0.05) is 45.9 Å². The summed E-state index contributed by atoms with van der Waals surface area (Å²) >= 11 is 0. The Morgan fingerprint density at radius 1 is 1.35 bits per heavy atom. The summed E-state index contributed by atoms with van der Waals surface area (Å²) in [7, 11) is 1.61. The van der Waals surface area contributed by atoms with E-state index in [1.54, 1.807) is 7.11 Å². The number of nitrogens with zero attached hydrogens (tertiary/aromatic N) is 2. The zero-order valence-corrected chi connectivity index (χ0v) is 10.6. The summed E-state index contributed by atoms with van der Waals surface area (Å²) in [6, 6.07) is 0.808. The molecule has 1 amide bonds. The van der Waals surface area contributed by atoms with E-state index in [-0.39, 0.29) is 12.0 Å². The number of methoxy groups -OCH3 is 1. The second-order valence-electron chi connectivity index (χ2n) is 4.95. The van der Waals surface area contributed by atoms with E-state index in [2.05, 4.69) is 4.90 Å². The first-order valence-corrected chi connectivity index (χ1v) is 6.49. The Morgan fingerprint density at radius 3 is 2.47 bits per heavy atom. The van der Waals surface area contributed by atoms with E-state index in [0.717, 1.165) is 32.2 Å². The molecule has 0 aromatic rings. The molecule has 1 saturated carbocycles. The van der Waals surface area contributed by atoms with Crippen molar-refractivity contribution in [3.05, 3.63) is 0 Å². The van der Waals surface area contributed by atoms with Crippen molar-refractivity contribution >= 4 is 5.91 Å². The van der Waals surface area contributed by atoms with Crippen molar-refractivity contribution in [2.24, 2.45) is 5.73 Å². The van der Waals surface area contributed by atoms with E-state index < -0.39 is 0 Å². The van der Waals surface area contributed by atoms with Crippen molar-refractivity contribution in [3.8, 4) is 0 Å². The van der Waals surface area contributed by atoms with Gasteiger partial charge in [-0.15, -0.1) is 0 Å². The second-order valence-corrected chi connectivity index (χ2v) is 4.95. The van der Waals surface area contributed by atoms with Gasteiger partial charge < -0.3 is 15.4 Å². The van der Waals surface area contributed by atoms with Gasteiger partial charge in [-0.1, -0.05) is 0 Å². The van der Waals surface area contributed by atoms with Gasteiger partial charge in [0.25, 0.3) is 0 Å². The standard InChI is InChI=1S/C12H23N3O2/c1-17-11(9-13)8-12(16)15-6-4-14(5-7-15)10-2-3-10/h10-11H,2-9,13H2,1H3. The third-order valence-corrected chi connectivity index (χ3v) is 3.73. The summed E-state index contributed by atoms with van der Waals surface area (Å²) in [6.07, 6.45) is 2.96. The van der Waals surface area contributed by atoms with Gasteiger partial charge in [0.15, 0.2) is 0 Å². The van der Waals surface area contributed by atoms with E-state index in [1.165, 1.54) is 12.8 Å². The van der Waals surface area contributed by atoms with Crippen LogP contribution in [0.3, 0.4) is 0 Å². The van der Waals surface area contributed by atoms with E-state index in [1.807, 2.05) is 4.90 Å². The van der Waals surface area contributed by atoms with Crippen LogP contribution in [0.5, 0.6) is 0 Å². The highest BCUT2D eigenvalue weighted by Gasteiger charge is 2.32. The number of hydrogen-bond acceptors (Lipinski definition) is 4. The molecule has 17 heavy (non-hydrogen) atoms. The van der Waals surface area contributed by atoms with Crippen molar-refractivity contribution in [2.45, 2.75) is 31.4 Å². The fourth-order valence-corrected chi connectivity index (χ4v) is 2.36. The van der Waals surface area contributed by atoms with Gasteiger partial charge in [-0.3, -0.25) is 9.69 Å². The predicted molar refractivity (Wildman–Crippen MR) is 65.6 cm³/mol. The Hall–Kier alpha value is -0.650. The number of amides is 1. The Morgan fingerprint density at radius 2 is 2.00 bits per heavy atom. The normalized spacial score (nSPS) is 23.8. The van der Waals surface area contributed by atoms with Crippen LogP contribution >= 0.6 is 0 Å². The summed E-state index contributed by atoms with van der Waals surface area (Å²) in [5.41, 5.74) is 5.53. The maximum absolute atomic E-state index is 12.0. The molecule has 1 heterocycles. The molecule has 2 aliphatic rings. The highest BCUT2D eigenvalue weighted by atomic mass is 16.5. The molecule has 0 aromatic carbocycles. The van der Waals surface area contributed by atoms with E-state index in [9.17, 15) is 4.79 Å². The number of piperazine rings is 1. The lowest BCUT2D eigenvalue weighted by molar-refractivity contribution is -0.135. The van der Waals surface area contributed by atoms with Gasteiger partial charge >= 0.3 is 0 Å². The van der Waals surface area contributed by atoms with Crippen LogP contribution in [0.1, 0.15) is 19.3 Å². The molecule has 0 radical (unpaired) electrons. The molecule has 1 unspecified atom stereocenters. The minimum Gasteiger partial charge on any atom is -0.380 e. The number of nitrogens with two attached hydrogens (primary N) is 1. The minimum atomic E-state index is -0.135. The van der Waals surface area contributed by atoms with Crippen molar-refractivity contribution in [1.82, 2.24) is 9.80 Å². The zero-order chi connectivity index (χ0) is 12.3. The first kappa shape index (κ1) is 12.8. The molecule has 2 rings (SSSR count). The molecule has 0 spiro atoms. The number of carbonyl (C=O) groups excluding carboxylic acids is 1. The maximum atomic E-state index is 12.0. The van der Waals surface area contributed by atoms with Crippen LogP contribution in [0, 0.1) is 0 Å². The van der Waals surface area contributed by atoms with Gasteiger partial charge in [0.05, 0.1) is 12.5 Å². The lowest BCUT2D eigenvalue weighted by Crippen LogP contribution is -2.50. The lowest BCUT2D eigenvalue weighted by atomic mass is 10.2. The molecule has 1 aliphatic heterocycles. The topological polar surface area (TPSA) is 58.8 Å². The summed E-state index contributed by atoms with van der Waals surface area (Å²) in [4.78, 5) is 16.4. The van der Waals surface area contributed by atoms with Crippen molar-refractivity contribution in [2.75, 3.05) is 39.8 Å². The summed E-state index contributed by atoms with van der Waals surface area (Å²) < 4.78 is 5.15. The summed E-state index contributed by atoms with van der Waals surface area (Å²) in [5.74, 6) is 0.178. The molecule has 5 heteroatoms. The van der Waals surface area contributed by atoms with Crippen LogP contribution in [0.15, 0.2) is 0 Å². The van der Waals surface area contributed by atoms with Crippen LogP contribution in [0.2, 0.25) is 0 Å². The third-order valence-electron chi connectivity index (χ3n) is 3.73. The van der Waals surface area contributed by atoms with Crippen molar-refractivity contribution in [1.29, 1.82) is 0 Å². The fraction of sp³-hybridized carbons (Fsp3) is 0.917. The van der Waals surface area contributed by atoms with Gasteiger partial charge in [-0.05, 0) is 12.8 Å². The number of rotatable bonds is 5. The number of hydrogen-bond donors (Lipinski definition) is 1. The first-order valence-electron chi connectivity index (χ1n) is 6.49. The molecular weight excluding hydrogens is 218 g/mol. The van der Waals surface area contributed by atoms with Crippen molar-refractivity contribution < 1.29 is 9.53 Å². The number of ether oxygens (including phenoxy) is 1. The highest BCUT2D eigenvalue weighted by molar-refractivity contribution is 5.76. The van der Waals surface area contributed by atoms with E-state index in [0.29, 0.717) is 13.0 Å². The Kier molecular flexibility index (Phi) is 4.36. The highest BCUT2D eigenvalue weighted by Crippen LogP contribution is 2.27. The number of carbonyl (C=O) groups is 1. The molecule has 5 nitrogen and oxygen atoms in total. The van der Waals surface area contributed by atoms with Gasteiger partial charge in [0.1, 0.15) is 0 Å². The summed E-state index contributed by atoms with van der Waals surface area (Å²) in [6.45, 7) is 4.17. The van der Waals surface area contributed by atoms with Crippen LogP contribution in [-0.2, 0) is 9.53 Å². The molecule has 0 bridgehead atoms. The predicted octanol–water partition coefficient (Wildman–Crippen LogP) is -0.343. The van der Waals surface area contributed by atoms with Gasteiger partial charge in [-0.2, -0.15) is 0 Å². The molecule has 98 valence electrons. The van der Waals surface area contributed by atoms with Gasteiger partial charge in [0.2, 0.25) is 5.91 Å². The van der Waals surface area contributed by atoms with E-state index in [4.69, 9.17) is 10.5 Å². The Bertz CT molecular complexity index is 256. The molecule has 0 aromatic heterocycles. The SMILES string of the molecule is COC(CN)CC(=O)N1CCN(C2CC2)CC1. The van der Waals surface area contributed by atoms with Crippen LogP contribution in [0.4, 0.5) is 0 Å². The first-order chi connectivity index (χ1) is 8.24. The maximum Gasteiger partial charge on any atom is 0.225 e. The fourth-order valence-electron chi connectivity index (χ4n) is 2.36. The molecule has 1 aliphatic carbocycles. The molecular formula is C12H23N3O2. The zero-order valence-electron chi connectivity index (χ0n) is 10.6. The average Bonchev–Trinajstić information content (AvgIpc) is 3.20. The van der Waals surface area contributed by atoms with Crippen LogP contribution < -0.4 is 5.73 Å². The van der Waals surface area contributed by atoms with Gasteiger partial charge in [-0.25, -0.2) is 0 Å². The quantitative estimate of drug-likeness (QED) is 0.715. The molecule has 2 fully saturated rings. The third kappa shape index (κ3) is 3.40. The Balaban J connectivity index is 1.73. The molecule has 2 N–H and O–H groups in total. The smallest absolute Gasteiger partial charge is 0.225 e. The lowest BCUT2D eigenvalue weighted by Gasteiger charge is -2.35. The second kappa shape index (κ2) is 5.80. The summed E-state index contributed by atoms with van der Waals surface area (Å²) in [5, 5.41) is 0. The molecule has 1 atom stereocenters. The largest absolute Gasteiger partial charge is 0.380 e. The van der Waals surface area contributed by atoms with Crippen LogP contribution in [0.25, 0.3) is 0 Å².